The fourth-order valence-electron chi connectivity index (χ4n) is 2.52. The number of carbonyl (C=O) groups is 3. The van der Waals surface area contributed by atoms with Gasteiger partial charge in [-0.1, -0.05) is 18.2 Å². The molecule has 0 radical (unpaired) electrons. The summed E-state index contributed by atoms with van der Waals surface area (Å²) in [4.78, 5) is 35.9. The van der Waals surface area contributed by atoms with Crippen LogP contribution >= 0.6 is 11.3 Å². The number of nitrogens with one attached hydrogen (secondary N) is 2. The number of para-hydroxylation sites is 1. The number of anilines is 1. The molecular formula is C19H14F2N2O4S. The van der Waals surface area contributed by atoms with Gasteiger partial charge in [0.15, 0.2) is 6.61 Å². The van der Waals surface area contributed by atoms with Crippen LogP contribution in [-0.4, -0.2) is 24.5 Å². The Morgan fingerprint density at radius 3 is 2.46 bits per heavy atom. The summed E-state index contributed by atoms with van der Waals surface area (Å²) >= 11 is 1.05. The van der Waals surface area contributed by atoms with Crippen LogP contribution in [0.15, 0.2) is 42.5 Å². The lowest BCUT2D eigenvalue weighted by Gasteiger charge is -2.08. The molecule has 0 bridgehead atoms. The van der Waals surface area contributed by atoms with E-state index in [1.165, 1.54) is 30.3 Å². The van der Waals surface area contributed by atoms with Crippen molar-refractivity contribution in [2.45, 2.75) is 6.92 Å². The van der Waals surface area contributed by atoms with Gasteiger partial charge in [0.2, 0.25) is 0 Å². The van der Waals surface area contributed by atoms with Crippen LogP contribution in [0.2, 0.25) is 0 Å². The van der Waals surface area contributed by atoms with Crippen LogP contribution in [0.4, 0.5) is 19.3 Å². The van der Waals surface area contributed by atoms with Gasteiger partial charge in [-0.3, -0.25) is 10.1 Å². The Kier molecular flexibility index (Phi) is 5.65. The number of ether oxygens (including phenoxy) is 1. The van der Waals surface area contributed by atoms with Crippen molar-refractivity contribution in [1.29, 1.82) is 0 Å². The van der Waals surface area contributed by atoms with Crippen LogP contribution in [0.5, 0.6) is 0 Å². The molecular weight excluding hydrogens is 390 g/mol. The van der Waals surface area contributed by atoms with E-state index in [1.54, 1.807) is 13.0 Å². The second kappa shape index (κ2) is 8.13. The summed E-state index contributed by atoms with van der Waals surface area (Å²) in [6.07, 6.45) is 0. The number of halogens is 2. The number of fused-ring (bicyclic) bond motifs is 1. The van der Waals surface area contributed by atoms with Gasteiger partial charge in [0.05, 0.1) is 5.69 Å². The lowest BCUT2D eigenvalue weighted by Crippen LogP contribution is -2.37. The second-order valence-corrected chi connectivity index (χ2v) is 6.78. The van der Waals surface area contributed by atoms with Crippen LogP contribution < -0.4 is 10.6 Å². The third-order valence-electron chi connectivity index (χ3n) is 3.80. The van der Waals surface area contributed by atoms with Crippen molar-refractivity contribution in [3.8, 4) is 0 Å². The Hall–Kier alpha value is -3.33. The number of thiophene rings is 1. The minimum absolute atomic E-state index is 0.104. The highest BCUT2D eigenvalue weighted by molar-refractivity contribution is 7.21. The minimum Gasteiger partial charge on any atom is -0.451 e. The molecule has 0 aliphatic carbocycles. The molecule has 0 fully saturated rings. The number of hydrogen-bond acceptors (Lipinski definition) is 5. The van der Waals surface area contributed by atoms with Gasteiger partial charge in [-0.25, -0.2) is 18.4 Å². The lowest BCUT2D eigenvalue weighted by molar-refractivity contribution is -0.123. The third kappa shape index (κ3) is 4.15. The molecule has 6 nitrogen and oxygen atoms in total. The zero-order valence-electron chi connectivity index (χ0n) is 14.5. The van der Waals surface area contributed by atoms with E-state index in [0.29, 0.717) is 15.6 Å². The molecule has 9 heteroatoms. The number of benzene rings is 2. The summed E-state index contributed by atoms with van der Waals surface area (Å²) in [5.74, 6) is -2.81. The molecule has 2 N–H and O–H groups in total. The second-order valence-electron chi connectivity index (χ2n) is 5.73. The predicted octanol–water partition coefficient (Wildman–Crippen LogP) is 3.99. The molecule has 3 aromatic rings. The van der Waals surface area contributed by atoms with Gasteiger partial charge in [0, 0.05) is 10.1 Å². The van der Waals surface area contributed by atoms with Gasteiger partial charge < -0.3 is 10.1 Å². The molecule has 0 unspecified atom stereocenters. The molecule has 28 heavy (non-hydrogen) atoms. The van der Waals surface area contributed by atoms with Crippen LogP contribution in [0.1, 0.15) is 15.2 Å². The zero-order valence-corrected chi connectivity index (χ0v) is 15.4. The quantitative estimate of drug-likeness (QED) is 0.644. The third-order valence-corrected chi connectivity index (χ3v) is 5.03. The summed E-state index contributed by atoms with van der Waals surface area (Å²) in [5, 5.41) is 4.42. The van der Waals surface area contributed by atoms with Crippen molar-refractivity contribution >= 4 is 45.0 Å². The first-order chi connectivity index (χ1) is 13.4. The van der Waals surface area contributed by atoms with Gasteiger partial charge in [-0.2, -0.15) is 0 Å². The Labute approximate surface area is 162 Å². The molecule has 0 aliphatic heterocycles. The van der Waals surface area contributed by atoms with Crippen molar-refractivity contribution in [1.82, 2.24) is 5.32 Å². The predicted molar refractivity (Wildman–Crippen MR) is 100 cm³/mol. The maximum Gasteiger partial charge on any atom is 0.349 e. The van der Waals surface area contributed by atoms with Crippen molar-refractivity contribution < 1.29 is 27.9 Å². The topological polar surface area (TPSA) is 84.5 Å². The maximum atomic E-state index is 13.9. The molecule has 1 heterocycles. The number of imide groups is 1. The standard InChI is InChI=1S/C19H14F2N2O4S/c1-10-16-12(21)6-4-8-14(16)28-17(10)18(25)27-9-15(24)23-19(26)22-13-7-3-2-5-11(13)20/h2-8H,9H2,1H3,(H2,22,23,24,26). The van der Waals surface area contributed by atoms with E-state index in [-0.39, 0.29) is 10.6 Å². The van der Waals surface area contributed by atoms with Crippen LogP contribution in [0.3, 0.4) is 0 Å². The lowest BCUT2D eigenvalue weighted by atomic mass is 10.1. The molecule has 3 amide bonds. The number of carbonyl (C=O) groups excluding carboxylic acids is 3. The van der Waals surface area contributed by atoms with Crippen LogP contribution in [0, 0.1) is 18.6 Å². The monoisotopic (exact) mass is 404 g/mol. The molecule has 2 aromatic carbocycles. The molecule has 0 spiro atoms. The first kappa shape index (κ1) is 19.4. The number of urea groups is 1. The van der Waals surface area contributed by atoms with Gasteiger partial charge in [-0.05, 0) is 36.8 Å². The van der Waals surface area contributed by atoms with Crippen molar-refractivity contribution in [3.63, 3.8) is 0 Å². The van der Waals surface area contributed by atoms with E-state index >= 15 is 0 Å². The maximum absolute atomic E-state index is 13.9. The van der Waals surface area contributed by atoms with Gasteiger partial charge >= 0.3 is 12.0 Å². The molecule has 0 atom stereocenters. The highest BCUT2D eigenvalue weighted by Gasteiger charge is 2.20. The highest BCUT2D eigenvalue weighted by atomic mass is 32.1. The zero-order chi connectivity index (χ0) is 20.3. The number of amides is 3. The van der Waals surface area contributed by atoms with E-state index in [9.17, 15) is 23.2 Å². The summed E-state index contributed by atoms with van der Waals surface area (Å²) < 4.78 is 32.8. The summed E-state index contributed by atoms with van der Waals surface area (Å²) in [6.45, 7) is 0.861. The average molecular weight is 404 g/mol. The molecule has 3 rings (SSSR count). The molecule has 144 valence electrons. The first-order valence-electron chi connectivity index (χ1n) is 8.07. The first-order valence-corrected chi connectivity index (χ1v) is 8.88. The van der Waals surface area contributed by atoms with Crippen molar-refractivity contribution in [3.05, 3.63) is 64.5 Å². The van der Waals surface area contributed by atoms with Crippen LogP contribution in [-0.2, 0) is 9.53 Å². The molecule has 1 aromatic heterocycles. The molecule has 0 saturated heterocycles. The van der Waals surface area contributed by atoms with E-state index in [4.69, 9.17) is 4.74 Å². The average Bonchev–Trinajstić information content (AvgIpc) is 2.99. The Bertz CT molecular complexity index is 1080. The van der Waals surface area contributed by atoms with E-state index < -0.39 is 36.1 Å². The normalized spacial score (nSPS) is 10.5. The van der Waals surface area contributed by atoms with Crippen molar-refractivity contribution in [2.75, 3.05) is 11.9 Å². The molecule has 0 saturated carbocycles. The van der Waals surface area contributed by atoms with Crippen molar-refractivity contribution in [2.24, 2.45) is 0 Å². The Balaban J connectivity index is 1.58. The highest BCUT2D eigenvalue weighted by Crippen LogP contribution is 2.32. The smallest absolute Gasteiger partial charge is 0.349 e. The van der Waals surface area contributed by atoms with E-state index in [2.05, 4.69) is 5.32 Å². The van der Waals surface area contributed by atoms with Gasteiger partial charge in [0.1, 0.15) is 16.5 Å². The summed E-state index contributed by atoms with van der Waals surface area (Å²) in [5.41, 5.74) is 0.313. The van der Waals surface area contributed by atoms with Crippen LogP contribution in [0.25, 0.3) is 10.1 Å². The van der Waals surface area contributed by atoms with Gasteiger partial charge in [-0.15, -0.1) is 11.3 Å². The number of rotatable bonds is 4. The van der Waals surface area contributed by atoms with E-state index in [1.807, 2.05) is 5.32 Å². The summed E-state index contributed by atoms with van der Waals surface area (Å²) in [7, 11) is 0. The number of aryl methyl sites for hydroxylation is 1. The number of esters is 1. The fourth-order valence-corrected chi connectivity index (χ4v) is 3.64. The Morgan fingerprint density at radius 2 is 1.75 bits per heavy atom. The van der Waals surface area contributed by atoms with E-state index in [0.717, 1.165) is 17.4 Å². The minimum atomic E-state index is -0.966. The number of hydrogen-bond donors (Lipinski definition) is 2. The fraction of sp³-hybridized carbons (Fsp3) is 0.105. The largest absolute Gasteiger partial charge is 0.451 e. The Morgan fingerprint density at radius 1 is 1.04 bits per heavy atom. The SMILES string of the molecule is Cc1c(C(=O)OCC(=O)NC(=O)Nc2ccccc2F)sc2cccc(F)c12. The molecule has 0 aliphatic rings. The van der Waals surface area contributed by atoms with Gasteiger partial charge in [0.25, 0.3) is 5.91 Å². The summed E-state index contributed by atoms with van der Waals surface area (Å²) in [6, 6.07) is 8.96.